The molecule has 0 aliphatic heterocycles. The Balaban J connectivity index is 1.77. The maximum atomic E-state index is 12.7. The van der Waals surface area contributed by atoms with Crippen LogP contribution in [0, 0.1) is 0 Å². The van der Waals surface area contributed by atoms with Gasteiger partial charge in [0, 0.05) is 28.1 Å². The predicted octanol–water partition coefficient (Wildman–Crippen LogP) is 4.03. The fourth-order valence-corrected chi connectivity index (χ4v) is 2.76. The number of rotatable bonds is 5. The molecule has 3 rings (SSSR count). The molecule has 30 heavy (non-hydrogen) atoms. The summed E-state index contributed by atoms with van der Waals surface area (Å²) in [4.78, 5) is 32.8. The molecule has 0 aliphatic carbocycles. The summed E-state index contributed by atoms with van der Waals surface area (Å²) >= 11 is 3.40. The molecule has 2 N–H and O–H groups in total. The van der Waals surface area contributed by atoms with Gasteiger partial charge in [-0.3, -0.25) is 15.1 Å². The number of nitrogens with zero attached hydrogens (tertiary/aromatic N) is 2. The molecule has 0 aliphatic rings. The monoisotopic (exact) mass is 466 g/mol. The number of guanidine groups is 1. The molecule has 0 fully saturated rings. The summed E-state index contributed by atoms with van der Waals surface area (Å²) in [6.45, 7) is 0.342. The number of nitrogens with one attached hydrogen (secondary N) is 2. The number of aromatic nitrogens is 1. The Morgan fingerprint density at radius 1 is 1.03 bits per heavy atom. The minimum absolute atomic E-state index is 0.295. The fraction of sp³-hybridized carbons (Fsp3) is 0.0909. The number of methoxy groups -OCH3 is 1. The van der Waals surface area contributed by atoms with Crippen LogP contribution in [-0.4, -0.2) is 29.9 Å². The van der Waals surface area contributed by atoms with Crippen molar-refractivity contribution in [1.29, 1.82) is 0 Å². The topological polar surface area (TPSA) is 92.7 Å². The minimum atomic E-state index is -0.461. The first-order valence-corrected chi connectivity index (χ1v) is 9.80. The van der Waals surface area contributed by atoms with E-state index >= 15 is 0 Å². The normalized spacial score (nSPS) is 10.9. The zero-order valence-corrected chi connectivity index (χ0v) is 17.7. The van der Waals surface area contributed by atoms with Crippen molar-refractivity contribution in [2.24, 2.45) is 4.99 Å². The third-order valence-electron chi connectivity index (χ3n) is 4.05. The quantitative estimate of drug-likeness (QED) is 0.336. The average molecular weight is 467 g/mol. The number of anilines is 1. The molecule has 0 unspecified atom stereocenters. The van der Waals surface area contributed by atoms with Crippen LogP contribution in [0.1, 0.15) is 26.3 Å². The molecular formula is C22H19BrN4O3. The van der Waals surface area contributed by atoms with Crippen LogP contribution in [0.5, 0.6) is 0 Å². The van der Waals surface area contributed by atoms with Crippen molar-refractivity contribution in [3.8, 4) is 0 Å². The predicted molar refractivity (Wildman–Crippen MR) is 118 cm³/mol. The number of hydrogen-bond acceptors (Lipinski definition) is 5. The van der Waals surface area contributed by atoms with Gasteiger partial charge < -0.3 is 10.1 Å². The van der Waals surface area contributed by atoms with E-state index in [1.54, 1.807) is 24.5 Å². The van der Waals surface area contributed by atoms with Crippen molar-refractivity contribution in [2.75, 3.05) is 12.4 Å². The van der Waals surface area contributed by atoms with E-state index in [9.17, 15) is 9.59 Å². The van der Waals surface area contributed by atoms with Crippen LogP contribution in [0.2, 0.25) is 0 Å². The summed E-state index contributed by atoms with van der Waals surface area (Å²) in [6, 6.07) is 17.4. The minimum Gasteiger partial charge on any atom is -0.465 e. The number of ether oxygens (including phenoxy) is 1. The van der Waals surface area contributed by atoms with Crippen molar-refractivity contribution in [3.63, 3.8) is 0 Å². The standard InChI is InChI=1S/C22H19BrN4O3/c1-30-21(29)17-6-4-16(5-7-17)20(28)27-22(25-14-15-3-2-12-24-13-15)26-19-10-8-18(23)9-11-19/h2-13H,14H2,1H3,(H2,25,26,27,28). The molecule has 7 nitrogen and oxygen atoms in total. The lowest BCUT2D eigenvalue weighted by Crippen LogP contribution is -2.36. The highest BCUT2D eigenvalue weighted by Crippen LogP contribution is 2.14. The van der Waals surface area contributed by atoms with Crippen LogP contribution in [0.3, 0.4) is 0 Å². The van der Waals surface area contributed by atoms with E-state index in [-0.39, 0.29) is 5.91 Å². The van der Waals surface area contributed by atoms with Crippen molar-refractivity contribution in [1.82, 2.24) is 10.3 Å². The number of esters is 1. The van der Waals surface area contributed by atoms with Gasteiger partial charge >= 0.3 is 5.97 Å². The molecule has 1 aromatic heterocycles. The van der Waals surface area contributed by atoms with E-state index in [4.69, 9.17) is 0 Å². The summed E-state index contributed by atoms with van der Waals surface area (Å²) in [5.74, 6) is -0.526. The Morgan fingerprint density at radius 3 is 2.37 bits per heavy atom. The van der Waals surface area contributed by atoms with Gasteiger partial charge in [-0.25, -0.2) is 9.79 Å². The molecule has 0 spiro atoms. The van der Waals surface area contributed by atoms with Crippen LogP contribution in [0.15, 0.2) is 82.5 Å². The van der Waals surface area contributed by atoms with Gasteiger partial charge in [0.15, 0.2) is 0 Å². The van der Waals surface area contributed by atoms with Gasteiger partial charge in [0.25, 0.3) is 5.91 Å². The maximum Gasteiger partial charge on any atom is 0.337 e. The molecule has 0 atom stereocenters. The molecule has 0 bridgehead atoms. The SMILES string of the molecule is COC(=O)c1ccc(C(=O)NC(=NCc2cccnc2)Nc2ccc(Br)cc2)cc1. The molecular weight excluding hydrogens is 448 g/mol. The number of hydrogen-bond donors (Lipinski definition) is 2. The lowest BCUT2D eigenvalue weighted by molar-refractivity contribution is 0.0600. The van der Waals surface area contributed by atoms with Crippen LogP contribution in [0.4, 0.5) is 5.69 Å². The lowest BCUT2D eigenvalue weighted by atomic mass is 10.1. The van der Waals surface area contributed by atoms with Gasteiger partial charge in [0.05, 0.1) is 19.2 Å². The molecule has 8 heteroatoms. The van der Waals surface area contributed by atoms with Gasteiger partial charge in [0.2, 0.25) is 5.96 Å². The van der Waals surface area contributed by atoms with Crippen molar-refractivity contribution >= 4 is 39.5 Å². The Labute approximate surface area is 182 Å². The smallest absolute Gasteiger partial charge is 0.337 e. The second-order valence-corrected chi connectivity index (χ2v) is 7.10. The summed E-state index contributed by atoms with van der Waals surface area (Å²) in [6.07, 6.45) is 3.40. The van der Waals surface area contributed by atoms with Crippen LogP contribution in [0.25, 0.3) is 0 Å². The Morgan fingerprint density at radius 2 is 1.73 bits per heavy atom. The Hall–Kier alpha value is -3.52. The number of pyridine rings is 1. The van der Waals surface area contributed by atoms with Gasteiger partial charge in [0.1, 0.15) is 0 Å². The lowest BCUT2D eigenvalue weighted by Gasteiger charge is -2.12. The number of halogens is 1. The van der Waals surface area contributed by atoms with Gasteiger partial charge in [-0.05, 0) is 60.2 Å². The molecule has 0 radical (unpaired) electrons. The third kappa shape index (κ3) is 5.99. The molecule has 152 valence electrons. The van der Waals surface area contributed by atoms with E-state index in [0.717, 1.165) is 15.7 Å². The highest BCUT2D eigenvalue weighted by atomic mass is 79.9. The molecule has 0 saturated carbocycles. The number of carbonyl (C=O) groups excluding carboxylic acids is 2. The van der Waals surface area contributed by atoms with Crippen LogP contribution in [-0.2, 0) is 11.3 Å². The van der Waals surface area contributed by atoms with E-state index in [2.05, 4.69) is 41.3 Å². The number of amides is 1. The highest BCUT2D eigenvalue weighted by molar-refractivity contribution is 9.10. The largest absolute Gasteiger partial charge is 0.465 e. The second kappa shape index (κ2) is 10.3. The number of aliphatic imine (C=N–C) groups is 1. The van der Waals surface area contributed by atoms with Crippen molar-refractivity contribution in [2.45, 2.75) is 6.54 Å². The summed E-state index contributed by atoms with van der Waals surface area (Å²) < 4.78 is 5.61. The van der Waals surface area contributed by atoms with Crippen molar-refractivity contribution in [3.05, 3.63) is 94.2 Å². The zero-order valence-electron chi connectivity index (χ0n) is 16.1. The summed E-state index contributed by atoms with van der Waals surface area (Å²) in [5.41, 5.74) is 2.43. The van der Waals surface area contributed by atoms with Crippen LogP contribution >= 0.6 is 15.9 Å². The van der Waals surface area contributed by atoms with E-state index in [1.165, 1.54) is 19.2 Å². The molecule has 1 heterocycles. The van der Waals surface area contributed by atoms with Crippen molar-refractivity contribution < 1.29 is 14.3 Å². The first kappa shape index (κ1) is 21.2. The van der Waals surface area contributed by atoms with E-state index in [0.29, 0.717) is 23.6 Å². The first-order valence-electron chi connectivity index (χ1n) is 9.01. The summed E-state index contributed by atoms with van der Waals surface area (Å²) in [5, 5.41) is 5.90. The first-order chi connectivity index (χ1) is 14.5. The molecule has 3 aromatic rings. The molecule has 2 aromatic carbocycles. The number of benzene rings is 2. The number of carbonyl (C=O) groups is 2. The second-order valence-electron chi connectivity index (χ2n) is 6.18. The van der Waals surface area contributed by atoms with Gasteiger partial charge in [-0.15, -0.1) is 0 Å². The third-order valence-corrected chi connectivity index (χ3v) is 4.58. The molecule has 1 amide bonds. The van der Waals surface area contributed by atoms with E-state index < -0.39 is 5.97 Å². The van der Waals surface area contributed by atoms with Crippen LogP contribution < -0.4 is 10.6 Å². The fourth-order valence-electron chi connectivity index (χ4n) is 2.50. The zero-order chi connectivity index (χ0) is 21.3. The van der Waals surface area contributed by atoms with Gasteiger partial charge in [-0.1, -0.05) is 22.0 Å². The maximum absolute atomic E-state index is 12.7. The summed E-state index contributed by atoms with van der Waals surface area (Å²) in [7, 11) is 1.31. The highest BCUT2D eigenvalue weighted by Gasteiger charge is 2.11. The average Bonchev–Trinajstić information content (AvgIpc) is 2.79. The van der Waals surface area contributed by atoms with Gasteiger partial charge in [-0.2, -0.15) is 0 Å². The van der Waals surface area contributed by atoms with E-state index in [1.807, 2.05) is 36.4 Å². The Bertz CT molecular complexity index is 1040. The Kier molecular flexibility index (Phi) is 7.29. The molecule has 0 saturated heterocycles.